The molecule has 2 fully saturated rings. The third-order valence-corrected chi connectivity index (χ3v) is 6.01. The summed E-state index contributed by atoms with van der Waals surface area (Å²) >= 11 is 5.85. The molecule has 2 atom stereocenters. The normalized spacial score (nSPS) is 25.2. The van der Waals surface area contributed by atoms with Crippen molar-refractivity contribution in [3.8, 4) is 0 Å². The molecule has 2 heterocycles. The zero-order chi connectivity index (χ0) is 20.6. The third kappa shape index (κ3) is 3.99. The summed E-state index contributed by atoms with van der Waals surface area (Å²) in [5, 5.41) is 2.78. The van der Waals surface area contributed by atoms with E-state index in [1.54, 1.807) is 17.9 Å². The van der Waals surface area contributed by atoms with Crippen molar-refractivity contribution >= 4 is 34.9 Å². The van der Waals surface area contributed by atoms with Gasteiger partial charge < -0.3 is 15.1 Å². The number of carbonyl (C=O) groups excluding carboxylic acids is 3. The number of rotatable bonds is 4. The van der Waals surface area contributed by atoms with Crippen LogP contribution in [0, 0.1) is 12.7 Å². The second-order valence-electron chi connectivity index (χ2n) is 7.92. The molecule has 28 heavy (non-hydrogen) atoms. The molecule has 0 saturated carbocycles. The first-order valence-electron chi connectivity index (χ1n) is 9.45. The van der Waals surface area contributed by atoms with Crippen molar-refractivity contribution in [2.75, 3.05) is 24.5 Å². The van der Waals surface area contributed by atoms with E-state index in [2.05, 4.69) is 10.2 Å². The molecule has 1 unspecified atom stereocenters. The molecule has 2 amide bonds. The van der Waals surface area contributed by atoms with Gasteiger partial charge in [-0.2, -0.15) is 0 Å². The Morgan fingerprint density at radius 1 is 1.36 bits per heavy atom. The van der Waals surface area contributed by atoms with Crippen LogP contribution in [-0.4, -0.2) is 53.7 Å². The molecule has 0 radical (unpaired) electrons. The van der Waals surface area contributed by atoms with Crippen LogP contribution in [-0.2, 0) is 14.4 Å². The van der Waals surface area contributed by atoms with Crippen LogP contribution in [0.3, 0.4) is 0 Å². The highest BCUT2D eigenvalue weighted by atomic mass is 35.5. The van der Waals surface area contributed by atoms with Crippen LogP contribution < -0.4 is 10.2 Å². The zero-order valence-corrected chi connectivity index (χ0v) is 17.1. The number of piperazine rings is 1. The zero-order valence-electron chi connectivity index (χ0n) is 16.3. The number of nitrogens with one attached hydrogen (secondary N) is 1. The van der Waals surface area contributed by atoms with Crippen molar-refractivity contribution in [2.24, 2.45) is 0 Å². The van der Waals surface area contributed by atoms with Crippen molar-refractivity contribution in [3.05, 3.63) is 28.5 Å². The highest BCUT2D eigenvalue weighted by Gasteiger charge is 2.42. The van der Waals surface area contributed by atoms with E-state index in [0.717, 1.165) is 11.3 Å². The number of Topliss-reactive ketones (excluding diaryl/α,β-unsaturated/α-hetero) is 1. The number of anilines is 1. The second kappa shape index (κ2) is 7.70. The van der Waals surface area contributed by atoms with Crippen molar-refractivity contribution in [1.29, 1.82) is 0 Å². The Labute approximate surface area is 169 Å². The number of hydrogen-bond acceptors (Lipinski definition) is 4. The number of ketones is 1. The third-order valence-electron chi connectivity index (χ3n) is 5.72. The van der Waals surface area contributed by atoms with E-state index in [9.17, 15) is 18.8 Å². The van der Waals surface area contributed by atoms with Gasteiger partial charge in [-0.1, -0.05) is 11.6 Å². The number of amides is 2. The molecule has 2 aliphatic heterocycles. The maximum atomic E-state index is 13.9. The van der Waals surface area contributed by atoms with Gasteiger partial charge in [-0.15, -0.1) is 0 Å². The minimum absolute atomic E-state index is 0.0142. The predicted molar refractivity (Wildman–Crippen MR) is 105 cm³/mol. The van der Waals surface area contributed by atoms with Gasteiger partial charge in [0.15, 0.2) is 5.78 Å². The summed E-state index contributed by atoms with van der Waals surface area (Å²) < 4.78 is 13.9. The smallest absolute Gasteiger partial charge is 0.228 e. The van der Waals surface area contributed by atoms with E-state index in [4.69, 9.17) is 11.6 Å². The van der Waals surface area contributed by atoms with E-state index in [0.29, 0.717) is 26.1 Å². The van der Waals surface area contributed by atoms with Crippen LogP contribution in [0.1, 0.15) is 38.7 Å². The van der Waals surface area contributed by atoms with Gasteiger partial charge in [0.2, 0.25) is 11.8 Å². The maximum absolute atomic E-state index is 13.9. The second-order valence-corrected chi connectivity index (χ2v) is 8.32. The molecule has 0 spiro atoms. The first-order chi connectivity index (χ1) is 13.1. The van der Waals surface area contributed by atoms with Crippen LogP contribution in [0.25, 0.3) is 0 Å². The van der Waals surface area contributed by atoms with E-state index in [-0.39, 0.29) is 41.5 Å². The lowest BCUT2D eigenvalue weighted by atomic mass is 9.92. The highest BCUT2D eigenvalue weighted by molar-refractivity contribution is 6.30. The fraction of sp³-hybridized carbons (Fsp3) is 0.550. The quantitative estimate of drug-likeness (QED) is 0.775. The van der Waals surface area contributed by atoms with Crippen molar-refractivity contribution in [3.63, 3.8) is 0 Å². The van der Waals surface area contributed by atoms with Crippen molar-refractivity contribution < 1.29 is 18.8 Å². The van der Waals surface area contributed by atoms with Crippen molar-refractivity contribution in [1.82, 2.24) is 10.2 Å². The van der Waals surface area contributed by atoms with Gasteiger partial charge in [-0.25, -0.2) is 4.39 Å². The van der Waals surface area contributed by atoms with Gasteiger partial charge >= 0.3 is 0 Å². The first-order valence-corrected chi connectivity index (χ1v) is 9.83. The summed E-state index contributed by atoms with van der Waals surface area (Å²) in [6.45, 7) is 7.17. The Balaban J connectivity index is 1.61. The molecular weight excluding hydrogens is 385 g/mol. The van der Waals surface area contributed by atoms with Crippen LogP contribution in [0.2, 0.25) is 5.02 Å². The van der Waals surface area contributed by atoms with E-state index < -0.39 is 11.4 Å². The summed E-state index contributed by atoms with van der Waals surface area (Å²) in [5.74, 6) is -0.943. The Hall–Kier alpha value is -2.15. The molecule has 1 aromatic carbocycles. The Bertz CT molecular complexity index is 831. The lowest BCUT2D eigenvalue weighted by Crippen LogP contribution is -2.54. The number of benzene rings is 1. The number of hydrogen-bond donors (Lipinski definition) is 1. The lowest BCUT2D eigenvalue weighted by molar-refractivity contribution is -0.132. The van der Waals surface area contributed by atoms with Crippen molar-refractivity contribution in [2.45, 2.75) is 51.6 Å². The molecule has 6 nitrogen and oxygen atoms in total. The van der Waals surface area contributed by atoms with Crippen LogP contribution in [0.5, 0.6) is 0 Å². The van der Waals surface area contributed by atoms with Gasteiger partial charge in [0.1, 0.15) is 5.82 Å². The molecule has 2 aliphatic rings. The van der Waals surface area contributed by atoms with Gasteiger partial charge in [-0.3, -0.25) is 14.4 Å². The molecular formula is C20H25ClFN3O3. The van der Waals surface area contributed by atoms with E-state index in [1.165, 1.54) is 6.07 Å². The largest absolute Gasteiger partial charge is 0.365 e. The fourth-order valence-electron chi connectivity index (χ4n) is 3.97. The van der Waals surface area contributed by atoms with Crippen LogP contribution in [0.15, 0.2) is 12.1 Å². The average molecular weight is 410 g/mol. The van der Waals surface area contributed by atoms with Crippen LogP contribution in [0.4, 0.5) is 10.1 Å². The summed E-state index contributed by atoms with van der Waals surface area (Å²) in [4.78, 5) is 39.9. The summed E-state index contributed by atoms with van der Waals surface area (Å²) in [7, 11) is 0. The molecule has 0 aliphatic carbocycles. The van der Waals surface area contributed by atoms with E-state index in [1.807, 2.05) is 13.8 Å². The fourth-order valence-corrected chi connectivity index (χ4v) is 4.18. The monoisotopic (exact) mass is 409 g/mol. The standard InChI is InChI=1S/C20H25ClFN3O3/c1-12-8-14(21)15(22)9-16(12)25-7-6-24(11-13(25)2)19(28)4-5-20(3)17(26)10-18(27)23-20/h8-9,13H,4-7,10-11H2,1-3H3,(H,23,27)/t13-,20?/m0/s1. The minimum atomic E-state index is -0.946. The number of carbonyl (C=O) groups is 3. The van der Waals surface area contributed by atoms with Gasteiger partial charge in [0.25, 0.3) is 0 Å². The summed E-state index contributed by atoms with van der Waals surface area (Å²) in [5.41, 5.74) is 0.729. The SMILES string of the molecule is Cc1cc(Cl)c(F)cc1N1CCN(C(=O)CCC2(C)NC(=O)CC2=O)C[C@@H]1C. The number of aryl methyl sites for hydroxylation is 1. The molecule has 2 saturated heterocycles. The first kappa shape index (κ1) is 20.6. The molecule has 152 valence electrons. The van der Waals surface area contributed by atoms with Crippen LogP contribution >= 0.6 is 11.6 Å². The molecule has 0 aromatic heterocycles. The summed E-state index contributed by atoms with van der Waals surface area (Å²) in [6.07, 6.45) is 0.383. The average Bonchev–Trinajstić information content (AvgIpc) is 2.88. The molecule has 8 heteroatoms. The Morgan fingerprint density at radius 3 is 2.68 bits per heavy atom. The Kier molecular flexibility index (Phi) is 5.66. The maximum Gasteiger partial charge on any atom is 0.228 e. The molecule has 1 aromatic rings. The lowest BCUT2D eigenvalue weighted by Gasteiger charge is -2.42. The molecule has 0 bridgehead atoms. The molecule has 3 rings (SSSR count). The van der Waals surface area contributed by atoms with Gasteiger partial charge in [0, 0.05) is 37.8 Å². The minimum Gasteiger partial charge on any atom is -0.365 e. The number of halogens is 2. The van der Waals surface area contributed by atoms with Gasteiger partial charge in [0.05, 0.1) is 17.0 Å². The highest BCUT2D eigenvalue weighted by Crippen LogP contribution is 2.30. The number of nitrogens with zero attached hydrogens (tertiary/aromatic N) is 2. The predicted octanol–water partition coefficient (Wildman–Crippen LogP) is 2.45. The van der Waals surface area contributed by atoms with Gasteiger partial charge in [-0.05, 0) is 44.9 Å². The van der Waals surface area contributed by atoms with E-state index >= 15 is 0 Å². The Morgan fingerprint density at radius 2 is 2.07 bits per heavy atom. The topological polar surface area (TPSA) is 69.7 Å². The molecule has 1 N–H and O–H groups in total. The summed E-state index contributed by atoms with van der Waals surface area (Å²) in [6, 6.07) is 3.07.